The first kappa shape index (κ1) is 19.4. The van der Waals surface area contributed by atoms with Crippen LogP contribution in [-0.4, -0.2) is 40.0 Å². The van der Waals surface area contributed by atoms with E-state index >= 15 is 0 Å². The second-order valence-electron chi connectivity index (χ2n) is 9.08. The molecule has 6 nitrogen and oxygen atoms in total. The molecule has 3 aliphatic carbocycles. The van der Waals surface area contributed by atoms with Crippen molar-refractivity contribution < 1.29 is 29.3 Å². The second-order valence-corrected chi connectivity index (χ2v) is 9.08. The molecule has 1 saturated carbocycles. The van der Waals surface area contributed by atoms with Crippen LogP contribution < -0.4 is 0 Å². The third-order valence-corrected chi connectivity index (χ3v) is 7.10. The normalized spacial score (nSPS) is 42.8. The number of fused-ring (bicyclic) bond motifs is 5. The molecular formula is C22H28O6. The molecule has 5 rings (SSSR count). The Bertz CT molecular complexity index is 765. The van der Waals surface area contributed by atoms with E-state index in [0.717, 1.165) is 0 Å². The summed E-state index contributed by atoms with van der Waals surface area (Å²) < 4.78 is 5.50. The maximum Gasteiger partial charge on any atom is 0.338 e. The Morgan fingerprint density at radius 2 is 1.96 bits per heavy atom. The summed E-state index contributed by atoms with van der Waals surface area (Å²) in [5, 5.41) is 21.3. The number of carbonyl (C=O) groups is 3. The molecule has 28 heavy (non-hydrogen) atoms. The van der Waals surface area contributed by atoms with E-state index in [4.69, 9.17) is 4.74 Å². The fourth-order valence-corrected chi connectivity index (χ4v) is 6.04. The molecule has 8 atom stereocenters. The highest BCUT2D eigenvalue weighted by Crippen LogP contribution is 2.52. The first-order valence-electron chi connectivity index (χ1n) is 10.3. The predicted octanol–water partition coefficient (Wildman–Crippen LogP) is 2.51. The molecule has 6 heteroatoms. The van der Waals surface area contributed by atoms with E-state index in [9.17, 15) is 24.6 Å². The molecule has 5 aliphatic rings. The zero-order valence-corrected chi connectivity index (χ0v) is 16.3. The Morgan fingerprint density at radius 1 is 1.21 bits per heavy atom. The molecular weight excluding hydrogens is 360 g/mol. The molecule has 2 N–H and O–H groups in total. The third-order valence-electron chi connectivity index (χ3n) is 7.10. The van der Waals surface area contributed by atoms with Crippen LogP contribution in [0.1, 0.15) is 46.0 Å². The van der Waals surface area contributed by atoms with Crippen LogP contribution in [0.4, 0.5) is 0 Å². The van der Waals surface area contributed by atoms with Crippen LogP contribution in [0.15, 0.2) is 23.5 Å². The fourth-order valence-electron chi connectivity index (χ4n) is 6.04. The van der Waals surface area contributed by atoms with E-state index in [-0.39, 0.29) is 71.8 Å². The number of esters is 1. The highest BCUT2D eigenvalue weighted by Gasteiger charge is 2.52. The number of ketones is 2. The quantitative estimate of drug-likeness (QED) is 0.557. The average molecular weight is 388 g/mol. The maximum atomic E-state index is 12.8. The Balaban J connectivity index is 1.84. The molecule has 2 bridgehead atoms. The van der Waals surface area contributed by atoms with Crippen LogP contribution in [-0.2, 0) is 19.1 Å². The number of carbonyl (C=O) groups excluding carboxylic acids is 3. The molecule has 0 aromatic carbocycles. The molecule has 0 aromatic heterocycles. The fraction of sp³-hybridized carbons (Fsp3) is 0.682. The Labute approximate surface area is 164 Å². The lowest BCUT2D eigenvalue weighted by Crippen LogP contribution is -2.44. The van der Waals surface area contributed by atoms with Crippen molar-refractivity contribution in [3.8, 4) is 0 Å². The maximum absolute atomic E-state index is 12.8. The lowest BCUT2D eigenvalue weighted by molar-refractivity contribution is -0.150. The first-order chi connectivity index (χ1) is 13.3. The van der Waals surface area contributed by atoms with E-state index in [0.29, 0.717) is 12.8 Å². The van der Waals surface area contributed by atoms with Gasteiger partial charge in [0, 0.05) is 37.0 Å². The van der Waals surface area contributed by atoms with Gasteiger partial charge in [0.2, 0.25) is 0 Å². The van der Waals surface area contributed by atoms with Gasteiger partial charge < -0.3 is 19.7 Å². The highest BCUT2D eigenvalue weighted by atomic mass is 16.5. The second kappa shape index (κ2) is 7.14. The summed E-state index contributed by atoms with van der Waals surface area (Å²) in [6.07, 6.45) is 4.51. The zero-order valence-electron chi connectivity index (χ0n) is 16.3. The summed E-state index contributed by atoms with van der Waals surface area (Å²) in [7, 11) is 0. The van der Waals surface area contributed by atoms with Crippen molar-refractivity contribution >= 4 is 17.5 Å². The van der Waals surface area contributed by atoms with Crippen molar-refractivity contribution in [1.82, 2.24) is 0 Å². The van der Waals surface area contributed by atoms with Crippen molar-refractivity contribution in [1.29, 1.82) is 0 Å². The number of rotatable bonds is 2. The third kappa shape index (κ3) is 3.21. The number of aliphatic hydroxyl groups is 2. The number of ether oxygens (including phenoxy) is 1. The van der Waals surface area contributed by atoms with E-state index < -0.39 is 24.1 Å². The monoisotopic (exact) mass is 388 g/mol. The summed E-state index contributed by atoms with van der Waals surface area (Å²) in [6.45, 7) is 3.41. The van der Waals surface area contributed by atoms with Crippen molar-refractivity contribution in [3.05, 3.63) is 23.5 Å². The number of hydrogen-bond acceptors (Lipinski definition) is 6. The molecule has 0 aromatic rings. The minimum absolute atomic E-state index is 0.000648. The van der Waals surface area contributed by atoms with Gasteiger partial charge in [-0.25, -0.2) is 4.79 Å². The van der Waals surface area contributed by atoms with Gasteiger partial charge in [0.15, 0.2) is 0 Å². The summed E-state index contributed by atoms with van der Waals surface area (Å²) >= 11 is 0. The number of Topliss-reactive ketones (excluding diaryl/α,β-unsaturated/α-hetero) is 2. The molecule has 2 fully saturated rings. The summed E-state index contributed by atoms with van der Waals surface area (Å²) in [5.74, 6) is -1.49. The summed E-state index contributed by atoms with van der Waals surface area (Å²) in [4.78, 5) is 37.6. The van der Waals surface area contributed by atoms with Gasteiger partial charge >= 0.3 is 5.97 Å². The molecule has 0 unspecified atom stereocenters. The summed E-state index contributed by atoms with van der Waals surface area (Å²) in [6, 6.07) is 0. The standard InChI is InChI=1S/C22H28O6/c1-10-5-16-15(21(10)26)4-3-12-7-13(24)8-14-9-18(25)20(22(27)28-14)17(19(12)16)6-11(2)23/h3-4,10,12-17,19,24-25H,5-9H2,1-2H3/t10-,12-,13-,14-,15+,16+,17+,19+/m1/s1. The van der Waals surface area contributed by atoms with Crippen LogP contribution in [0.2, 0.25) is 0 Å². The average Bonchev–Trinajstić information content (AvgIpc) is 2.87. The van der Waals surface area contributed by atoms with Crippen LogP contribution in [0, 0.1) is 35.5 Å². The van der Waals surface area contributed by atoms with Crippen LogP contribution in [0.3, 0.4) is 0 Å². The van der Waals surface area contributed by atoms with Crippen LogP contribution in [0.25, 0.3) is 0 Å². The molecule has 0 spiro atoms. The van der Waals surface area contributed by atoms with E-state index in [1.54, 1.807) is 0 Å². The molecule has 0 amide bonds. The largest absolute Gasteiger partial charge is 0.512 e. The van der Waals surface area contributed by atoms with Gasteiger partial charge in [0.05, 0.1) is 11.7 Å². The van der Waals surface area contributed by atoms with Gasteiger partial charge in [0.25, 0.3) is 0 Å². The zero-order chi connectivity index (χ0) is 20.2. The van der Waals surface area contributed by atoms with E-state index in [2.05, 4.69) is 0 Å². The van der Waals surface area contributed by atoms with Crippen LogP contribution in [0.5, 0.6) is 0 Å². The Kier molecular flexibility index (Phi) is 4.94. The van der Waals surface area contributed by atoms with Crippen molar-refractivity contribution in [3.63, 3.8) is 0 Å². The molecule has 0 radical (unpaired) electrons. The minimum Gasteiger partial charge on any atom is -0.512 e. The molecule has 2 aliphatic heterocycles. The predicted molar refractivity (Wildman–Crippen MR) is 100 cm³/mol. The van der Waals surface area contributed by atoms with E-state index in [1.807, 2.05) is 19.1 Å². The van der Waals surface area contributed by atoms with Crippen LogP contribution >= 0.6 is 0 Å². The van der Waals surface area contributed by atoms with Gasteiger partial charge in [-0.15, -0.1) is 0 Å². The van der Waals surface area contributed by atoms with Gasteiger partial charge in [-0.1, -0.05) is 19.1 Å². The Hall–Kier alpha value is -1.95. The summed E-state index contributed by atoms with van der Waals surface area (Å²) in [5.41, 5.74) is 0.207. The highest BCUT2D eigenvalue weighted by molar-refractivity contribution is 5.92. The first-order valence-corrected chi connectivity index (χ1v) is 10.3. The minimum atomic E-state index is -0.675. The smallest absolute Gasteiger partial charge is 0.338 e. The molecule has 2 heterocycles. The molecule has 152 valence electrons. The number of allylic oxidation sites excluding steroid dienone is 2. The van der Waals surface area contributed by atoms with Gasteiger partial charge in [-0.05, 0) is 37.5 Å². The van der Waals surface area contributed by atoms with Crippen molar-refractivity contribution in [2.24, 2.45) is 35.5 Å². The van der Waals surface area contributed by atoms with Gasteiger partial charge in [-0.3, -0.25) is 4.79 Å². The SMILES string of the molecule is CC(=O)C[C@@H]1C2=C(O)C[C@@H](C[C@H](O)C[C@H]3C=C[C@@H]4C(=O)[C@H](C)C[C@@H]4[C@H]31)OC2=O. The van der Waals surface area contributed by atoms with Crippen molar-refractivity contribution in [2.45, 2.75) is 58.2 Å². The lowest BCUT2D eigenvalue weighted by atomic mass is 9.61. The topological polar surface area (TPSA) is 101 Å². The lowest BCUT2D eigenvalue weighted by Gasteiger charge is -2.44. The van der Waals surface area contributed by atoms with Gasteiger partial charge in [-0.2, -0.15) is 0 Å². The number of aliphatic hydroxyl groups excluding tert-OH is 2. The molecule has 1 saturated heterocycles. The van der Waals surface area contributed by atoms with Crippen molar-refractivity contribution in [2.75, 3.05) is 0 Å². The van der Waals surface area contributed by atoms with E-state index in [1.165, 1.54) is 6.92 Å². The van der Waals surface area contributed by atoms with Gasteiger partial charge in [0.1, 0.15) is 23.4 Å². The Morgan fingerprint density at radius 3 is 2.64 bits per heavy atom. The number of hydrogen-bond donors (Lipinski definition) is 2.